The quantitative estimate of drug-likeness (QED) is 0.558. The summed E-state index contributed by atoms with van der Waals surface area (Å²) in [6.45, 7) is 7.07. The highest BCUT2D eigenvalue weighted by molar-refractivity contribution is 5.69. The molecule has 3 aliphatic rings. The lowest BCUT2D eigenvalue weighted by molar-refractivity contribution is -0.143. The highest BCUT2D eigenvalue weighted by Gasteiger charge is 2.71. The van der Waals surface area contributed by atoms with E-state index < -0.39 is 0 Å². The van der Waals surface area contributed by atoms with Crippen molar-refractivity contribution in [3.8, 4) is 0 Å². The number of rotatable bonds is 4. The van der Waals surface area contributed by atoms with Crippen molar-refractivity contribution < 1.29 is 14.3 Å². The average Bonchev–Trinajstić information content (AvgIpc) is 3.11. The fourth-order valence-electron chi connectivity index (χ4n) is 3.89. The first kappa shape index (κ1) is 11.5. The number of ether oxygens (including phenoxy) is 2. The lowest BCUT2D eigenvalue weighted by atomic mass is 9.86. The van der Waals surface area contributed by atoms with Crippen LogP contribution in [0, 0.1) is 17.3 Å². The standard InChI is InChI=1S/C14H22O3/c1-4-16-12(15)5-6-14-8-10-9(13(10,2)3)7-11(14)17-14/h9-11H,4-8H2,1-3H3/t9-,10+,11-,14+/m1/s1. The van der Waals surface area contributed by atoms with E-state index in [0.29, 0.717) is 24.5 Å². The largest absolute Gasteiger partial charge is 0.466 e. The third-order valence-electron chi connectivity index (χ3n) is 5.29. The Hall–Kier alpha value is -0.570. The number of hydrogen-bond donors (Lipinski definition) is 0. The number of fused-ring (bicyclic) bond motifs is 2. The first-order valence-corrected chi connectivity index (χ1v) is 6.83. The Kier molecular flexibility index (Phi) is 2.35. The smallest absolute Gasteiger partial charge is 0.305 e. The zero-order valence-corrected chi connectivity index (χ0v) is 11.0. The third kappa shape index (κ3) is 1.70. The molecule has 1 heterocycles. The van der Waals surface area contributed by atoms with Crippen LogP contribution in [0.2, 0.25) is 0 Å². The minimum absolute atomic E-state index is 0.0434. The van der Waals surface area contributed by atoms with E-state index in [4.69, 9.17) is 9.47 Å². The molecule has 0 N–H and O–H groups in total. The van der Waals surface area contributed by atoms with Crippen LogP contribution in [0.5, 0.6) is 0 Å². The number of hydrogen-bond acceptors (Lipinski definition) is 3. The van der Waals surface area contributed by atoms with Gasteiger partial charge in [-0.15, -0.1) is 0 Å². The molecule has 2 saturated carbocycles. The highest BCUT2D eigenvalue weighted by Crippen LogP contribution is 2.71. The third-order valence-corrected chi connectivity index (χ3v) is 5.29. The van der Waals surface area contributed by atoms with Gasteiger partial charge in [0.2, 0.25) is 0 Å². The summed E-state index contributed by atoms with van der Waals surface area (Å²) in [6.07, 6.45) is 4.17. The summed E-state index contributed by atoms with van der Waals surface area (Å²) >= 11 is 0. The molecule has 0 amide bonds. The topological polar surface area (TPSA) is 38.8 Å². The maximum atomic E-state index is 11.4. The second-order valence-electron chi connectivity index (χ2n) is 6.45. The molecule has 1 aliphatic heterocycles. The first-order chi connectivity index (χ1) is 7.99. The van der Waals surface area contributed by atoms with Crippen molar-refractivity contribution in [1.29, 1.82) is 0 Å². The maximum absolute atomic E-state index is 11.4. The van der Waals surface area contributed by atoms with Gasteiger partial charge in [-0.3, -0.25) is 4.79 Å². The summed E-state index contributed by atoms with van der Waals surface area (Å²) in [5.41, 5.74) is 0.565. The molecule has 2 aliphatic carbocycles. The van der Waals surface area contributed by atoms with Crippen molar-refractivity contribution in [2.75, 3.05) is 6.61 Å². The Morgan fingerprint density at radius 1 is 1.41 bits per heavy atom. The van der Waals surface area contributed by atoms with Crippen molar-refractivity contribution >= 4 is 5.97 Å². The van der Waals surface area contributed by atoms with Crippen LogP contribution < -0.4 is 0 Å². The van der Waals surface area contributed by atoms with Crippen LogP contribution in [0.15, 0.2) is 0 Å². The fraction of sp³-hybridized carbons (Fsp3) is 0.929. The Balaban J connectivity index is 1.54. The number of epoxide rings is 1. The first-order valence-electron chi connectivity index (χ1n) is 6.83. The van der Waals surface area contributed by atoms with E-state index in [9.17, 15) is 4.79 Å². The van der Waals surface area contributed by atoms with Crippen LogP contribution in [0.25, 0.3) is 0 Å². The summed E-state index contributed by atoms with van der Waals surface area (Å²) in [4.78, 5) is 11.4. The van der Waals surface area contributed by atoms with E-state index in [2.05, 4.69) is 13.8 Å². The van der Waals surface area contributed by atoms with Crippen molar-refractivity contribution in [3.63, 3.8) is 0 Å². The van der Waals surface area contributed by atoms with Gasteiger partial charge in [0, 0.05) is 6.42 Å². The minimum atomic E-state index is -0.0756. The number of esters is 1. The molecule has 4 atom stereocenters. The van der Waals surface area contributed by atoms with Gasteiger partial charge in [-0.2, -0.15) is 0 Å². The zero-order valence-electron chi connectivity index (χ0n) is 11.0. The van der Waals surface area contributed by atoms with E-state index in [1.165, 1.54) is 6.42 Å². The van der Waals surface area contributed by atoms with Crippen LogP contribution in [0.4, 0.5) is 0 Å². The van der Waals surface area contributed by atoms with Crippen LogP contribution in [-0.2, 0) is 14.3 Å². The molecule has 0 bridgehead atoms. The molecular formula is C14H22O3. The molecule has 3 rings (SSSR count). The second-order valence-corrected chi connectivity index (χ2v) is 6.45. The number of carbonyl (C=O) groups excluding carboxylic acids is 1. The zero-order chi connectivity index (χ0) is 12.3. The van der Waals surface area contributed by atoms with E-state index >= 15 is 0 Å². The molecule has 0 aromatic heterocycles. The SMILES string of the molecule is CCOC(=O)CC[C@]12C[C@H]3[C@@H](C[C@H]1O2)C3(C)C. The Morgan fingerprint density at radius 2 is 2.18 bits per heavy atom. The minimum Gasteiger partial charge on any atom is -0.466 e. The second kappa shape index (κ2) is 3.47. The lowest BCUT2D eigenvalue weighted by Gasteiger charge is -2.16. The molecule has 1 saturated heterocycles. The maximum Gasteiger partial charge on any atom is 0.305 e. The summed E-state index contributed by atoms with van der Waals surface area (Å²) in [7, 11) is 0. The van der Waals surface area contributed by atoms with E-state index in [1.807, 2.05) is 6.92 Å². The van der Waals surface area contributed by atoms with Crippen LogP contribution in [-0.4, -0.2) is 24.3 Å². The van der Waals surface area contributed by atoms with E-state index in [1.54, 1.807) is 0 Å². The van der Waals surface area contributed by atoms with Crippen molar-refractivity contribution in [2.24, 2.45) is 17.3 Å². The molecule has 3 fully saturated rings. The molecule has 0 unspecified atom stereocenters. The molecule has 0 radical (unpaired) electrons. The van der Waals surface area contributed by atoms with Crippen LogP contribution in [0.3, 0.4) is 0 Å². The molecule has 0 aromatic rings. The summed E-state index contributed by atoms with van der Waals surface area (Å²) in [6, 6.07) is 0. The lowest BCUT2D eigenvalue weighted by Crippen LogP contribution is -2.22. The summed E-state index contributed by atoms with van der Waals surface area (Å²) < 4.78 is 10.9. The van der Waals surface area contributed by atoms with Crippen molar-refractivity contribution in [2.45, 2.75) is 58.2 Å². The fourth-order valence-corrected chi connectivity index (χ4v) is 3.89. The van der Waals surface area contributed by atoms with Gasteiger partial charge in [0.05, 0.1) is 18.3 Å². The van der Waals surface area contributed by atoms with Gasteiger partial charge in [0.25, 0.3) is 0 Å². The van der Waals surface area contributed by atoms with Crippen LogP contribution >= 0.6 is 0 Å². The monoisotopic (exact) mass is 238 g/mol. The molecule has 96 valence electrons. The van der Waals surface area contributed by atoms with E-state index in [0.717, 1.165) is 24.7 Å². The average molecular weight is 238 g/mol. The van der Waals surface area contributed by atoms with Crippen molar-refractivity contribution in [1.82, 2.24) is 0 Å². The molecule has 0 aromatic carbocycles. The normalized spacial score (nSPS) is 44.5. The Bertz CT molecular complexity index is 349. The highest BCUT2D eigenvalue weighted by atomic mass is 16.6. The van der Waals surface area contributed by atoms with Crippen molar-refractivity contribution in [3.05, 3.63) is 0 Å². The molecule has 3 heteroatoms. The summed E-state index contributed by atoms with van der Waals surface area (Å²) in [5.74, 6) is 1.61. The van der Waals surface area contributed by atoms with Gasteiger partial charge < -0.3 is 9.47 Å². The number of carbonyl (C=O) groups is 1. The van der Waals surface area contributed by atoms with Gasteiger partial charge in [-0.05, 0) is 43.4 Å². The molecule has 3 nitrogen and oxygen atoms in total. The molecule has 0 spiro atoms. The van der Waals surface area contributed by atoms with Gasteiger partial charge in [-0.1, -0.05) is 13.8 Å². The van der Waals surface area contributed by atoms with Gasteiger partial charge in [0.1, 0.15) is 0 Å². The molecule has 17 heavy (non-hydrogen) atoms. The summed E-state index contributed by atoms with van der Waals surface area (Å²) in [5, 5.41) is 0. The van der Waals surface area contributed by atoms with Crippen LogP contribution in [0.1, 0.15) is 46.5 Å². The predicted octanol–water partition coefficient (Wildman–Crippen LogP) is 2.53. The van der Waals surface area contributed by atoms with Gasteiger partial charge in [0.15, 0.2) is 0 Å². The Morgan fingerprint density at radius 3 is 2.88 bits per heavy atom. The van der Waals surface area contributed by atoms with Gasteiger partial charge >= 0.3 is 5.97 Å². The Labute approximate surface area is 103 Å². The molecular weight excluding hydrogens is 216 g/mol. The van der Waals surface area contributed by atoms with E-state index in [-0.39, 0.29) is 11.6 Å². The van der Waals surface area contributed by atoms with Gasteiger partial charge in [-0.25, -0.2) is 0 Å². The predicted molar refractivity (Wildman–Crippen MR) is 63.5 cm³/mol.